The van der Waals surface area contributed by atoms with Gasteiger partial charge in [0.05, 0.1) is 0 Å². The molecule has 1 aromatic carbocycles. The second-order valence-corrected chi connectivity index (χ2v) is 6.54. The van der Waals surface area contributed by atoms with E-state index in [4.69, 9.17) is 0 Å². The molecule has 0 bridgehead atoms. The maximum atomic E-state index is 11.2. The average molecular weight is 369 g/mol. The van der Waals surface area contributed by atoms with Gasteiger partial charge >= 0.3 is 0 Å². The quantitative estimate of drug-likeness (QED) is 0.797. The highest BCUT2D eigenvalue weighted by atomic mass is 79.9. The Hall–Kier alpha value is -0.870. The van der Waals surface area contributed by atoms with Crippen molar-refractivity contribution in [3.63, 3.8) is 0 Å². The van der Waals surface area contributed by atoms with Crippen LogP contribution in [0.2, 0.25) is 0 Å². The Bertz CT molecular complexity index is 437. The van der Waals surface area contributed by atoms with Gasteiger partial charge in [-0.1, -0.05) is 48.8 Å². The first-order valence-corrected chi connectivity index (χ1v) is 9.04. The van der Waals surface area contributed by atoms with Gasteiger partial charge in [-0.25, -0.2) is 0 Å². The molecule has 1 heterocycles. The normalized spacial score (nSPS) is 17.4. The van der Waals surface area contributed by atoms with Gasteiger partial charge in [0.2, 0.25) is 5.91 Å². The molecule has 0 N–H and O–H groups in total. The molecule has 3 nitrogen and oxygen atoms in total. The molecule has 1 amide bonds. The van der Waals surface area contributed by atoms with Crippen LogP contribution in [-0.4, -0.2) is 48.4 Å². The lowest BCUT2D eigenvalue weighted by atomic mass is 9.99. The molecule has 2 rings (SSSR count). The van der Waals surface area contributed by atoms with E-state index in [1.54, 1.807) is 6.92 Å². The molecule has 0 aliphatic carbocycles. The fourth-order valence-corrected chi connectivity index (χ4v) is 2.99. The summed E-state index contributed by atoms with van der Waals surface area (Å²) in [6, 6.07) is 8.40. The van der Waals surface area contributed by atoms with Gasteiger partial charge in [-0.2, -0.15) is 0 Å². The standard InChI is InChI=1S/C12H14BrNO.C6H15N/c1-9(15)14-7-6-11(8-14)10-2-4-12(13)5-3-10;1-4-7(5-2)6-3/h2-5,11H,6-8H2,1H3;4-6H2,1-3H3. The summed E-state index contributed by atoms with van der Waals surface area (Å²) >= 11 is 3.42. The highest BCUT2D eigenvalue weighted by Crippen LogP contribution is 2.27. The maximum absolute atomic E-state index is 11.2. The minimum absolute atomic E-state index is 0.189. The van der Waals surface area contributed by atoms with Gasteiger partial charge in [-0.15, -0.1) is 0 Å². The number of benzene rings is 1. The highest BCUT2D eigenvalue weighted by Gasteiger charge is 2.24. The largest absolute Gasteiger partial charge is 0.342 e. The van der Waals surface area contributed by atoms with Crippen LogP contribution in [0.3, 0.4) is 0 Å². The van der Waals surface area contributed by atoms with Crippen LogP contribution < -0.4 is 0 Å². The van der Waals surface area contributed by atoms with Gasteiger partial charge < -0.3 is 9.80 Å². The third kappa shape index (κ3) is 6.09. The zero-order chi connectivity index (χ0) is 16.5. The first-order valence-electron chi connectivity index (χ1n) is 8.25. The Balaban J connectivity index is 0.000000295. The van der Waals surface area contributed by atoms with Crippen molar-refractivity contribution in [2.24, 2.45) is 0 Å². The van der Waals surface area contributed by atoms with Crippen LogP contribution in [-0.2, 0) is 4.79 Å². The summed E-state index contributed by atoms with van der Waals surface area (Å²) in [4.78, 5) is 15.5. The number of hydrogen-bond donors (Lipinski definition) is 0. The molecule has 1 aliphatic heterocycles. The molecule has 1 aromatic rings. The first kappa shape index (κ1) is 19.2. The van der Waals surface area contributed by atoms with E-state index in [-0.39, 0.29) is 5.91 Å². The van der Waals surface area contributed by atoms with E-state index < -0.39 is 0 Å². The van der Waals surface area contributed by atoms with E-state index in [2.05, 4.69) is 65.9 Å². The van der Waals surface area contributed by atoms with Crippen molar-refractivity contribution in [2.75, 3.05) is 32.7 Å². The average Bonchev–Trinajstić information content (AvgIpc) is 3.00. The van der Waals surface area contributed by atoms with Gasteiger partial charge in [0.25, 0.3) is 0 Å². The second-order valence-electron chi connectivity index (χ2n) is 5.62. The number of rotatable bonds is 4. The molecule has 0 saturated carbocycles. The lowest BCUT2D eigenvalue weighted by Crippen LogP contribution is -2.25. The van der Waals surface area contributed by atoms with Crippen LogP contribution in [0.25, 0.3) is 0 Å². The topological polar surface area (TPSA) is 23.6 Å². The third-order valence-electron chi connectivity index (χ3n) is 4.32. The Labute approximate surface area is 143 Å². The van der Waals surface area contributed by atoms with Gasteiger partial charge in [0.1, 0.15) is 0 Å². The maximum Gasteiger partial charge on any atom is 0.219 e. The molecule has 1 atom stereocenters. The predicted octanol–water partition coefficient (Wildman–Crippen LogP) is 4.13. The van der Waals surface area contributed by atoms with Crippen molar-refractivity contribution < 1.29 is 4.79 Å². The Kier molecular flexibility index (Phi) is 8.72. The second kappa shape index (κ2) is 10.0. The van der Waals surface area contributed by atoms with E-state index in [9.17, 15) is 4.79 Å². The van der Waals surface area contributed by atoms with Crippen molar-refractivity contribution in [1.29, 1.82) is 0 Å². The van der Waals surface area contributed by atoms with Gasteiger partial charge in [0, 0.05) is 30.4 Å². The van der Waals surface area contributed by atoms with E-state index in [1.807, 2.05) is 4.90 Å². The van der Waals surface area contributed by atoms with Crippen molar-refractivity contribution in [2.45, 2.75) is 40.0 Å². The summed E-state index contributed by atoms with van der Waals surface area (Å²) in [5.41, 5.74) is 1.34. The monoisotopic (exact) mass is 368 g/mol. The summed E-state index contributed by atoms with van der Waals surface area (Å²) in [7, 11) is 0. The van der Waals surface area contributed by atoms with Crippen molar-refractivity contribution in [1.82, 2.24) is 9.80 Å². The number of hydrogen-bond acceptors (Lipinski definition) is 2. The number of likely N-dealkylation sites (tertiary alicyclic amines) is 1. The minimum Gasteiger partial charge on any atom is -0.342 e. The molecular weight excluding hydrogens is 340 g/mol. The molecule has 124 valence electrons. The summed E-state index contributed by atoms with van der Waals surface area (Å²) in [5.74, 6) is 0.705. The smallest absolute Gasteiger partial charge is 0.219 e. The summed E-state index contributed by atoms with van der Waals surface area (Å²) in [6.07, 6.45) is 1.08. The lowest BCUT2D eigenvalue weighted by Gasteiger charge is -2.14. The van der Waals surface area contributed by atoms with E-state index in [1.165, 1.54) is 25.2 Å². The van der Waals surface area contributed by atoms with Gasteiger partial charge in [0.15, 0.2) is 0 Å². The molecule has 22 heavy (non-hydrogen) atoms. The molecule has 0 spiro atoms. The zero-order valence-electron chi connectivity index (χ0n) is 14.3. The van der Waals surface area contributed by atoms with Gasteiger partial charge in [-0.3, -0.25) is 4.79 Å². The van der Waals surface area contributed by atoms with Crippen LogP contribution in [0.4, 0.5) is 0 Å². The fourth-order valence-electron chi connectivity index (χ4n) is 2.72. The molecule has 1 fully saturated rings. The molecular formula is C18H29BrN2O. The van der Waals surface area contributed by atoms with Crippen molar-refractivity contribution in [3.05, 3.63) is 34.3 Å². The van der Waals surface area contributed by atoms with Crippen LogP contribution in [0.5, 0.6) is 0 Å². The zero-order valence-corrected chi connectivity index (χ0v) is 15.9. The summed E-state index contributed by atoms with van der Waals surface area (Å²) < 4.78 is 1.10. The molecule has 1 saturated heterocycles. The van der Waals surface area contributed by atoms with Crippen LogP contribution in [0.1, 0.15) is 45.6 Å². The molecule has 0 aromatic heterocycles. The predicted molar refractivity (Wildman–Crippen MR) is 97.2 cm³/mol. The van der Waals surface area contributed by atoms with Crippen molar-refractivity contribution >= 4 is 21.8 Å². The Morgan fingerprint density at radius 2 is 1.73 bits per heavy atom. The van der Waals surface area contributed by atoms with Crippen molar-refractivity contribution in [3.8, 4) is 0 Å². The van der Waals surface area contributed by atoms with Gasteiger partial charge in [-0.05, 0) is 43.8 Å². The molecule has 4 heteroatoms. The van der Waals surface area contributed by atoms with E-state index in [0.29, 0.717) is 5.92 Å². The number of nitrogens with zero attached hydrogens (tertiary/aromatic N) is 2. The number of amides is 1. The number of carbonyl (C=O) groups is 1. The minimum atomic E-state index is 0.189. The summed E-state index contributed by atoms with van der Waals surface area (Å²) in [6.45, 7) is 13.5. The third-order valence-corrected chi connectivity index (χ3v) is 4.85. The van der Waals surface area contributed by atoms with Crippen LogP contribution >= 0.6 is 15.9 Å². The van der Waals surface area contributed by atoms with Crippen LogP contribution in [0.15, 0.2) is 28.7 Å². The molecule has 1 aliphatic rings. The molecule has 0 radical (unpaired) electrons. The SMILES string of the molecule is CC(=O)N1CCC(c2ccc(Br)cc2)C1.CCN(CC)CC. The lowest BCUT2D eigenvalue weighted by molar-refractivity contribution is -0.127. The number of carbonyl (C=O) groups excluding carboxylic acids is 1. The first-order chi connectivity index (χ1) is 10.5. The Morgan fingerprint density at radius 3 is 2.09 bits per heavy atom. The van der Waals surface area contributed by atoms with Crippen LogP contribution in [0, 0.1) is 0 Å². The fraction of sp³-hybridized carbons (Fsp3) is 0.611. The summed E-state index contributed by atoms with van der Waals surface area (Å²) in [5, 5.41) is 0. The van der Waals surface area contributed by atoms with E-state index >= 15 is 0 Å². The molecule has 1 unspecified atom stereocenters. The number of halogens is 1. The highest BCUT2D eigenvalue weighted by molar-refractivity contribution is 9.10. The van der Waals surface area contributed by atoms with E-state index in [0.717, 1.165) is 24.0 Å². The Morgan fingerprint density at radius 1 is 1.18 bits per heavy atom.